The SMILES string of the molecule is CCOC(=O)c1nn(Cc2cc(F)ccc2F)c(OC)c1CC=O. The Morgan fingerprint density at radius 2 is 2.12 bits per heavy atom. The number of rotatable bonds is 7. The van der Waals surface area contributed by atoms with Gasteiger partial charge in [-0.1, -0.05) is 0 Å². The lowest BCUT2D eigenvalue weighted by Gasteiger charge is -2.08. The summed E-state index contributed by atoms with van der Waals surface area (Å²) in [5.74, 6) is -1.82. The second-order valence-corrected chi connectivity index (χ2v) is 4.82. The van der Waals surface area contributed by atoms with Gasteiger partial charge in [0, 0.05) is 12.0 Å². The molecule has 0 saturated carbocycles. The largest absolute Gasteiger partial charge is 0.481 e. The zero-order valence-corrected chi connectivity index (χ0v) is 13.2. The molecule has 0 unspecified atom stereocenters. The summed E-state index contributed by atoms with van der Waals surface area (Å²) < 4.78 is 38.4. The van der Waals surface area contributed by atoms with Crippen LogP contribution in [0.5, 0.6) is 5.88 Å². The van der Waals surface area contributed by atoms with Crippen molar-refractivity contribution >= 4 is 12.3 Å². The van der Waals surface area contributed by atoms with Crippen LogP contribution in [0.3, 0.4) is 0 Å². The summed E-state index contributed by atoms with van der Waals surface area (Å²) in [7, 11) is 1.33. The van der Waals surface area contributed by atoms with Crippen LogP contribution in [-0.4, -0.2) is 35.8 Å². The van der Waals surface area contributed by atoms with Gasteiger partial charge in [0.1, 0.15) is 17.9 Å². The van der Waals surface area contributed by atoms with Crippen molar-refractivity contribution in [2.75, 3.05) is 13.7 Å². The Hall–Kier alpha value is -2.77. The molecular weight excluding hydrogens is 322 g/mol. The molecule has 0 aliphatic carbocycles. The molecule has 1 aromatic heterocycles. The Morgan fingerprint density at radius 1 is 1.38 bits per heavy atom. The maximum Gasteiger partial charge on any atom is 0.359 e. The highest BCUT2D eigenvalue weighted by atomic mass is 19.1. The molecular formula is C16H16F2N2O4. The molecule has 1 aromatic carbocycles. The molecule has 0 spiro atoms. The first kappa shape index (κ1) is 17.6. The van der Waals surface area contributed by atoms with Crippen molar-refractivity contribution in [1.82, 2.24) is 9.78 Å². The van der Waals surface area contributed by atoms with Gasteiger partial charge in [-0.2, -0.15) is 5.10 Å². The van der Waals surface area contributed by atoms with Gasteiger partial charge in [-0.05, 0) is 25.1 Å². The van der Waals surface area contributed by atoms with Gasteiger partial charge in [0.2, 0.25) is 5.88 Å². The van der Waals surface area contributed by atoms with Gasteiger partial charge in [0.05, 0.1) is 25.8 Å². The highest BCUT2D eigenvalue weighted by Crippen LogP contribution is 2.25. The summed E-state index contributed by atoms with van der Waals surface area (Å²) in [5, 5.41) is 4.05. The normalized spacial score (nSPS) is 10.5. The summed E-state index contributed by atoms with van der Waals surface area (Å²) >= 11 is 0. The second kappa shape index (κ2) is 7.67. The van der Waals surface area contributed by atoms with Crippen LogP contribution in [0.2, 0.25) is 0 Å². The number of aromatic nitrogens is 2. The van der Waals surface area contributed by atoms with Gasteiger partial charge in [0.25, 0.3) is 0 Å². The van der Waals surface area contributed by atoms with Gasteiger partial charge >= 0.3 is 5.97 Å². The Morgan fingerprint density at radius 3 is 2.75 bits per heavy atom. The fraction of sp³-hybridized carbons (Fsp3) is 0.312. The van der Waals surface area contributed by atoms with Crippen LogP contribution >= 0.6 is 0 Å². The summed E-state index contributed by atoms with van der Waals surface area (Å²) in [6.07, 6.45) is 0.471. The molecule has 8 heteroatoms. The van der Waals surface area contributed by atoms with Crippen molar-refractivity contribution in [2.24, 2.45) is 0 Å². The van der Waals surface area contributed by atoms with E-state index in [0.29, 0.717) is 6.29 Å². The number of carbonyl (C=O) groups is 2. The van der Waals surface area contributed by atoms with Crippen molar-refractivity contribution in [3.05, 3.63) is 46.7 Å². The van der Waals surface area contributed by atoms with E-state index in [1.54, 1.807) is 6.92 Å². The van der Waals surface area contributed by atoms with E-state index in [1.165, 1.54) is 11.8 Å². The molecule has 1 heterocycles. The molecule has 0 aliphatic rings. The predicted molar refractivity (Wildman–Crippen MR) is 80.0 cm³/mol. The van der Waals surface area contributed by atoms with Crippen LogP contribution < -0.4 is 4.74 Å². The molecule has 0 saturated heterocycles. The lowest BCUT2D eigenvalue weighted by molar-refractivity contribution is -0.107. The minimum absolute atomic E-state index is 0.0314. The van der Waals surface area contributed by atoms with Crippen LogP contribution in [0, 0.1) is 11.6 Å². The monoisotopic (exact) mass is 338 g/mol. The van der Waals surface area contributed by atoms with Gasteiger partial charge < -0.3 is 14.3 Å². The average molecular weight is 338 g/mol. The molecule has 0 atom stereocenters. The fourth-order valence-corrected chi connectivity index (χ4v) is 2.28. The average Bonchev–Trinajstić information content (AvgIpc) is 2.89. The molecule has 6 nitrogen and oxygen atoms in total. The molecule has 0 amide bonds. The Bertz CT molecular complexity index is 759. The van der Waals surface area contributed by atoms with Gasteiger partial charge in [-0.15, -0.1) is 0 Å². The van der Waals surface area contributed by atoms with E-state index >= 15 is 0 Å². The number of halogens is 2. The third kappa shape index (κ3) is 3.58. The minimum Gasteiger partial charge on any atom is -0.481 e. The Kier molecular flexibility index (Phi) is 5.62. The van der Waals surface area contributed by atoms with Gasteiger partial charge in [-0.3, -0.25) is 0 Å². The van der Waals surface area contributed by atoms with E-state index in [-0.39, 0.29) is 42.3 Å². The molecule has 2 rings (SSSR count). The molecule has 0 bridgehead atoms. The Labute approximate surface area is 137 Å². The molecule has 0 fully saturated rings. The highest BCUT2D eigenvalue weighted by molar-refractivity contribution is 5.90. The van der Waals surface area contributed by atoms with Crippen LogP contribution in [-0.2, 0) is 22.5 Å². The maximum atomic E-state index is 13.8. The number of methoxy groups -OCH3 is 1. The van der Waals surface area contributed by atoms with Crippen molar-refractivity contribution < 1.29 is 27.8 Å². The first-order valence-corrected chi connectivity index (χ1v) is 7.20. The van der Waals surface area contributed by atoms with Crippen molar-refractivity contribution in [3.8, 4) is 5.88 Å². The third-order valence-electron chi connectivity index (χ3n) is 3.28. The molecule has 128 valence electrons. The first-order chi connectivity index (χ1) is 11.5. The van der Waals surface area contributed by atoms with Gasteiger partial charge in [-0.25, -0.2) is 18.3 Å². The fourth-order valence-electron chi connectivity index (χ4n) is 2.28. The van der Waals surface area contributed by atoms with Crippen LogP contribution in [0.1, 0.15) is 28.5 Å². The predicted octanol–water partition coefficient (Wildman–Crippen LogP) is 2.14. The minimum atomic E-state index is -0.717. The van der Waals surface area contributed by atoms with Gasteiger partial charge in [0.15, 0.2) is 5.69 Å². The molecule has 0 radical (unpaired) electrons. The number of hydrogen-bond acceptors (Lipinski definition) is 5. The lowest BCUT2D eigenvalue weighted by Crippen LogP contribution is -2.10. The van der Waals surface area contributed by atoms with E-state index in [1.807, 2.05) is 0 Å². The molecule has 0 N–H and O–H groups in total. The third-order valence-corrected chi connectivity index (χ3v) is 3.28. The number of aldehydes is 1. The zero-order chi connectivity index (χ0) is 17.7. The van der Waals surface area contributed by atoms with Crippen molar-refractivity contribution in [2.45, 2.75) is 19.9 Å². The quantitative estimate of drug-likeness (QED) is 0.571. The number of hydrogen-bond donors (Lipinski definition) is 0. The first-order valence-electron chi connectivity index (χ1n) is 7.20. The summed E-state index contributed by atoms with van der Waals surface area (Å²) in [6, 6.07) is 3.03. The highest BCUT2D eigenvalue weighted by Gasteiger charge is 2.25. The summed E-state index contributed by atoms with van der Waals surface area (Å²) in [4.78, 5) is 22.9. The smallest absolute Gasteiger partial charge is 0.359 e. The zero-order valence-electron chi connectivity index (χ0n) is 13.2. The summed E-state index contributed by atoms with van der Waals surface area (Å²) in [6.45, 7) is 1.60. The van der Waals surface area contributed by atoms with E-state index in [9.17, 15) is 18.4 Å². The van der Waals surface area contributed by atoms with E-state index in [4.69, 9.17) is 9.47 Å². The molecule has 24 heavy (non-hydrogen) atoms. The second-order valence-electron chi connectivity index (χ2n) is 4.82. The van der Waals surface area contributed by atoms with Crippen LogP contribution in [0.15, 0.2) is 18.2 Å². The van der Waals surface area contributed by atoms with Crippen LogP contribution in [0.25, 0.3) is 0 Å². The van der Waals surface area contributed by atoms with Crippen LogP contribution in [0.4, 0.5) is 8.78 Å². The number of nitrogens with zero attached hydrogens (tertiary/aromatic N) is 2. The molecule has 2 aromatic rings. The van der Waals surface area contributed by atoms with Crippen molar-refractivity contribution in [3.63, 3.8) is 0 Å². The Balaban J connectivity index is 2.49. The number of carbonyl (C=O) groups excluding carboxylic acids is 2. The van der Waals surface area contributed by atoms with E-state index < -0.39 is 17.6 Å². The van der Waals surface area contributed by atoms with E-state index in [2.05, 4.69) is 5.10 Å². The number of ether oxygens (including phenoxy) is 2. The molecule has 0 aliphatic heterocycles. The topological polar surface area (TPSA) is 70.4 Å². The standard InChI is InChI=1S/C16H16F2N2O4/c1-3-24-16(22)14-12(6-7-21)15(23-2)20(19-14)9-10-8-11(17)4-5-13(10)18/h4-5,7-8H,3,6,9H2,1-2H3. The maximum absolute atomic E-state index is 13.8. The number of benzene rings is 1. The van der Waals surface area contributed by atoms with E-state index in [0.717, 1.165) is 18.2 Å². The van der Waals surface area contributed by atoms with Crippen molar-refractivity contribution in [1.29, 1.82) is 0 Å². The summed E-state index contributed by atoms with van der Waals surface area (Å²) in [5.41, 5.74) is 0.184. The number of esters is 1. The lowest BCUT2D eigenvalue weighted by atomic mass is 10.2.